The Balaban J connectivity index is 2.47. The van der Waals surface area contributed by atoms with Gasteiger partial charge in [0.15, 0.2) is 0 Å². The molecule has 0 bridgehead atoms. The Labute approximate surface area is 91.7 Å². The zero-order valence-corrected chi connectivity index (χ0v) is 9.79. The highest BCUT2D eigenvalue weighted by Gasteiger charge is 2.25. The van der Waals surface area contributed by atoms with Gasteiger partial charge in [0.05, 0.1) is 0 Å². The summed E-state index contributed by atoms with van der Waals surface area (Å²) in [5, 5.41) is 0. The van der Waals surface area contributed by atoms with E-state index in [1.807, 2.05) is 14.0 Å². The first kappa shape index (κ1) is 10.3. The standard InChI is InChI=1S/C12H16BNO/c1-12(2,3)9-4-5-10-8(6-9)7-14(13)11(10)15/h4-6H,7,13H2,1-3H3. The van der Waals surface area contributed by atoms with Gasteiger partial charge in [-0.2, -0.15) is 0 Å². The Hall–Kier alpha value is -1.25. The van der Waals surface area contributed by atoms with Crippen molar-refractivity contribution in [3.63, 3.8) is 0 Å². The molecule has 1 aromatic rings. The number of hydrogen-bond donors (Lipinski definition) is 0. The van der Waals surface area contributed by atoms with Gasteiger partial charge < -0.3 is 4.81 Å². The van der Waals surface area contributed by atoms with E-state index in [1.54, 1.807) is 4.81 Å². The number of benzene rings is 1. The number of carbonyl (C=O) groups excluding carboxylic acids is 1. The van der Waals surface area contributed by atoms with Crippen molar-refractivity contribution in [1.82, 2.24) is 4.81 Å². The molecule has 2 nitrogen and oxygen atoms in total. The lowest BCUT2D eigenvalue weighted by molar-refractivity contribution is 0.0880. The Kier molecular flexibility index (Phi) is 2.14. The molecule has 15 heavy (non-hydrogen) atoms. The predicted octanol–water partition coefficient (Wildman–Crippen LogP) is 1.49. The molecule has 0 unspecified atom stereocenters. The highest BCUT2D eigenvalue weighted by molar-refractivity contribution is 6.19. The van der Waals surface area contributed by atoms with Gasteiger partial charge in [0.1, 0.15) is 0 Å². The first-order valence-electron chi connectivity index (χ1n) is 5.28. The highest BCUT2D eigenvalue weighted by Crippen LogP contribution is 2.28. The van der Waals surface area contributed by atoms with Gasteiger partial charge in [-0.3, -0.25) is 4.79 Å². The van der Waals surface area contributed by atoms with Crippen molar-refractivity contribution in [3.8, 4) is 0 Å². The lowest BCUT2D eigenvalue weighted by Crippen LogP contribution is -2.19. The van der Waals surface area contributed by atoms with Gasteiger partial charge in [-0.1, -0.05) is 32.9 Å². The van der Waals surface area contributed by atoms with Gasteiger partial charge in [0, 0.05) is 12.1 Å². The Morgan fingerprint density at radius 1 is 1.33 bits per heavy atom. The summed E-state index contributed by atoms with van der Waals surface area (Å²) < 4.78 is 0. The van der Waals surface area contributed by atoms with Crippen LogP contribution in [0.4, 0.5) is 0 Å². The van der Waals surface area contributed by atoms with Crippen LogP contribution in [0.2, 0.25) is 0 Å². The van der Waals surface area contributed by atoms with Crippen LogP contribution in [0.15, 0.2) is 18.2 Å². The van der Waals surface area contributed by atoms with Crippen molar-refractivity contribution in [2.24, 2.45) is 0 Å². The van der Waals surface area contributed by atoms with Crippen molar-refractivity contribution in [2.75, 3.05) is 0 Å². The van der Waals surface area contributed by atoms with Crippen LogP contribution in [-0.4, -0.2) is 18.7 Å². The molecule has 3 heteroatoms. The second-order valence-corrected chi connectivity index (χ2v) is 5.28. The molecular weight excluding hydrogens is 185 g/mol. The van der Waals surface area contributed by atoms with E-state index < -0.39 is 0 Å². The summed E-state index contributed by atoms with van der Waals surface area (Å²) in [5.41, 5.74) is 3.48. The fourth-order valence-electron chi connectivity index (χ4n) is 1.93. The Bertz CT molecular complexity index is 420. The third-order valence-electron chi connectivity index (χ3n) is 2.96. The van der Waals surface area contributed by atoms with Crippen LogP contribution < -0.4 is 0 Å². The fraction of sp³-hybridized carbons (Fsp3) is 0.417. The average molecular weight is 201 g/mol. The number of rotatable bonds is 0. The predicted molar refractivity (Wildman–Crippen MR) is 63.6 cm³/mol. The van der Waals surface area contributed by atoms with Crippen LogP contribution in [0, 0.1) is 0 Å². The summed E-state index contributed by atoms with van der Waals surface area (Å²) >= 11 is 0. The molecule has 0 saturated heterocycles. The molecule has 1 aromatic carbocycles. The van der Waals surface area contributed by atoms with Crippen LogP contribution in [0.5, 0.6) is 0 Å². The van der Waals surface area contributed by atoms with Crippen LogP contribution in [0.1, 0.15) is 42.3 Å². The Morgan fingerprint density at radius 2 is 2.00 bits per heavy atom. The fourth-order valence-corrected chi connectivity index (χ4v) is 1.93. The molecule has 1 aliphatic rings. The monoisotopic (exact) mass is 201 g/mol. The minimum atomic E-state index is 0.144. The second-order valence-electron chi connectivity index (χ2n) is 5.28. The summed E-state index contributed by atoms with van der Waals surface area (Å²) in [6, 6.07) is 6.19. The maximum absolute atomic E-state index is 11.7. The minimum Gasteiger partial charge on any atom is -0.386 e. The first-order chi connectivity index (χ1) is 6.89. The van der Waals surface area contributed by atoms with Gasteiger partial charge in [-0.25, -0.2) is 0 Å². The highest BCUT2D eigenvalue weighted by atomic mass is 16.2. The Morgan fingerprint density at radius 3 is 2.60 bits per heavy atom. The first-order valence-corrected chi connectivity index (χ1v) is 5.28. The third kappa shape index (κ3) is 1.67. The molecule has 1 amide bonds. The average Bonchev–Trinajstić information content (AvgIpc) is 2.41. The summed E-state index contributed by atoms with van der Waals surface area (Å²) in [6.45, 7) is 7.32. The number of nitrogens with zero attached hydrogens (tertiary/aromatic N) is 1. The molecule has 0 spiro atoms. The smallest absolute Gasteiger partial charge is 0.241 e. The van der Waals surface area contributed by atoms with E-state index in [1.165, 1.54) is 5.56 Å². The van der Waals surface area contributed by atoms with E-state index in [9.17, 15) is 4.79 Å². The summed E-state index contributed by atoms with van der Waals surface area (Å²) in [5.74, 6) is 0.144. The van der Waals surface area contributed by atoms with Crippen molar-refractivity contribution in [3.05, 3.63) is 34.9 Å². The van der Waals surface area contributed by atoms with Gasteiger partial charge >= 0.3 is 0 Å². The molecule has 1 aliphatic heterocycles. The van der Waals surface area contributed by atoms with Gasteiger partial charge in [-0.05, 0) is 22.6 Å². The number of carbonyl (C=O) groups is 1. The lowest BCUT2D eigenvalue weighted by Gasteiger charge is -2.19. The SMILES string of the molecule is BN1Cc2cc(C(C)(C)C)ccc2C1=O. The molecule has 0 aliphatic carbocycles. The lowest BCUT2D eigenvalue weighted by atomic mass is 9.85. The molecule has 0 N–H and O–H groups in total. The van der Waals surface area contributed by atoms with Crippen molar-refractivity contribution < 1.29 is 4.79 Å². The van der Waals surface area contributed by atoms with Crippen LogP contribution >= 0.6 is 0 Å². The van der Waals surface area contributed by atoms with Crippen LogP contribution in [-0.2, 0) is 12.0 Å². The van der Waals surface area contributed by atoms with Gasteiger partial charge in [0.2, 0.25) is 13.9 Å². The molecular formula is C12H16BNO. The number of hydrogen-bond acceptors (Lipinski definition) is 1. The van der Waals surface area contributed by atoms with E-state index in [0.717, 1.165) is 17.7 Å². The summed E-state index contributed by atoms with van der Waals surface area (Å²) in [6.07, 6.45) is 0. The zero-order valence-electron chi connectivity index (χ0n) is 9.79. The van der Waals surface area contributed by atoms with E-state index in [4.69, 9.17) is 0 Å². The van der Waals surface area contributed by atoms with Crippen LogP contribution in [0.25, 0.3) is 0 Å². The maximum atomic E-state index is 11.7. The zero-order chi connectivity index (χ0) is 11.2. The van der Waals surface area contributed by atoms with Crippen molar-refractivity contribution in [1.29, 1.82) is 0 Å². The molecule has 78 valence electrons. The van der Waals surface area contributed by atoms with Crippen molar-refractivity contribution in [2.45, 2.75) is 32.7 Å². The normalized spacial score (nSPS) is 15.7. The number of amides is 1. The minimum absolute atomic E-state index is 0.144. The van der Waals surface area contributed by atoms with Gasteiger partial charge in [0.25, 0.3) is 0 Å². The van der Waals surface area contributed by atoms with E-state index in [2.05, 4.69) is 32.9 Å². The molecule has 0 aromatic heterocycles. The quantitative estimate of drug-likeness (QED) is 0.582. The second kappa shape index (κ2) is 3.12. The number of fused-ring (bicyclic) bond motifs is 1. The van der Waals surface area contributed by atoms with Crippen LogP contribution in [0.3, 0.4) is 0 Å². The summed E-state index contributed by atoms with van der Waals surface area (Å²) in [4.78, 5) is 13.4. The molecule has 0 radical (unpaired) electrons. The summed E-state index contributed by atoms with van der Waals surface area (Å²) in [7, 11) is 1.85. The third-order valence-corrected chi connectivity index (χ3v) is 2.96. The molecule has 0 atom stereocenters. The largest absolute Gasteiger partial charge is 0.386 e. The molecule has 1 heterocycles. The molecule has 0 saturated carbocycles. The van der Waals surface area contributed by atoms with E-state index in [0.29, 0.717) is 0 Å². The van der Waals surface area contributed by atoms with Gasteiger partial charge in [-0.15, -0.1) is 0 Å². The molecule has 2 rings (SSSR count). The van der Waals surface area contributed by atoms with E-state index >= 15 is 0 Å². The molecule has 0 fully saturated rings. The van der Waals surface area contributed by atoms with E-state index in [-0.39, 0.29) is 11.3 Å². The maximum Gasteiger partial charge on any atom is 0.241 e. The topological polar surface area (TPSA) is 20.3 Å². The van der Waals surface area contributed by atoms with Crippen molar-refractivity contribution >= 4 is 13.9 Å².